The molecule has 5 heterocycles. The third-order valence-corrected chi connectivity index (χ3v) is 14.0. The summed E-state index contributed by atoms with van der Waals surface area (Å²) >= 11 is 0. The van der Waals surface area contributed by atoms with Gasteiger partial charge in [0.05, 0.1) is 33.7 Å². The fraction of sp³-hybridized carbons (Fsp3) is 0.788. The second-order valence-electron chi connectivity index (χ2n) is 15.7. The molecule has 2 aliphatic carbocycles. The van der Waals surface area contributed by atoms with Gasteiger partial charge in [0.1, 0.15) is 13.1 Å². The predicted octanol–water partition coefficient (Wildman–Crippen LogP) is 4.71. The fourth-order valence-electron chi connectivity index (χ4n) is 10.8. The molecule has 5 N–H and O–H groups in total. The van der Waals surface area contributed by atoms with Crippen LogP contribution in [0.3, 0.4) is 0 Å². The van der Waals surface area contributed by atoms with Crippen molar-refractivity contribution in [3.8, 4) is 0 Å². The zero-order valence-electron chi connectivity index (χ0n) is 26.5. The maximum absolute atomic E-state index is 12.5. The largest absolute Gasteiger partial charge is 0.480 e. The molecule has 2 saturated carbocycles. The van der Waals surface area contributed by atoms with Gasteiger partial charge < -0.3 is 33.7 Å². The Hall–Kier alpha value is -1.92. The third kappa shape index (κ3) is 4.79. The molecule has 5 aliphatic heterocycles. The van der Waals surface area contributed by atoms with Crippen LogP contribution in [0, 0.1) is 28.6 Å². The van der Waals surface area contributed by atoms with Crippen LogP contribution in [0.1, 0.15) is 85.5 Å². The van der Waals surface area contributed by atoms with Crippen molar-refractivity contribution < 1.29 is 37.7 Å². The van der Waals surface area contributed by atoms with Gasteiger partial charge >= 0.3 is 5.97 Å². The first kappa shape index (κ1) is 30.7. The van der Waals surface area contributed by atoms with Gasteiger partial charge in [-0.25, -0.2) is 4.58 Å². The molecule has 0 spiro atoms. The van der Waals surface area contributed by atoms with Gasteiger partial charge in [0.15, 0.2) is 11.8 Å². The normalized spacial score (nSPS) is 38.9. The van der Waals surface area contributed by atoms with Crippen molar-refractivity contribution in [2.24, 2.45) is 28.6 Å². The number of fused-ring (bicyclic) bond motifs is 8. The third-order valence-electron chi connectivity index (χ3n) is 12.6. The van der Waals surface area contributed by atoms with E-state index in [2.05, 4.69) is 48.6 Å². The molecular formula is C33H50N3O7S+. The Balaban J connectivity index is 1.20. The molecule has 0 aromatic rings. The molecule has 10 nitrogen and oxygen atoms in total. The summed E-state index contributed by atoms with van der Waals surface area (Å²) in [6.45, 7) is 10.9. The summed E-state index contributed by atoms with van der Waals surface area (Å²) in [6.07, 6.45) is 10.0. The monoisotopic (exact) mass is 632 g/mol. The van der Waals surface area contributed by atoms with Crippen molar-refractivity contribution in [1.29, 1.82) is 0 Å². The van der Waals surface area contributed by atoms with Crippen molar-refractivity contribution >= 4 is 28.5 Å². The lowest BCUT2D eigenvalue weighted by molar-refractivity contribution is -0.571. The molecule has 1 saturated heterocycles. The van der Waals surface area contributed by atoms with Crippen molar-refractivity contribution in [2.45, 2.75) is 115 Å². The van der Waals surface area contributed by atoms with E-state index in [0.717, 1.165) is 51.6 Å². The molecule has 244 valence electrons. The van der Waals surface area contributed by atoms with Crippen LogP contribution in [0.2, 0.25) is 0 Å². The Morgan fingerprint density at radius 2 is 1.77 bits per heavy atom. The van der Waals surface area contributed by atoms with E-state index in [0.29, 0.717) is 37.3 Å². The average molecular weight is 633 g/mol. The molecule has 3 fully saturated rings. The van der Waals surface area contributed by atoms with Gasteiger partial charge in [-0.3, -0.25) is 9.59 Å². The summed E-state index contributed by atoms with van der Waals surface area (Å²) in [5.74, 6) is -0.276. The fourth-order valence-corrected chi connectivity index (χ4v) is 11.7. The van der Waals surface area contributed by atoms with Gasteiger partial charge in [-0.15, -0.1) is 0 Å². The molecule has 1 amide bonds. The Morgan fingerprint density at radius 1 is 1.00 bits per heavy atom. The highest BCUT2D eigenvalue weighted by molar-refractivity contribution is 8.19. The quantitative estimate of drug-likeness (QED) is 0.274. The molecule has 0 bridgehead atoms. The summed E-state index contributed by atoms with van der Waals surface area (Å²) in [5.41, 5.74) is 5.11. The molecule has 7 rings (SSSR count). The lowest BCUT2D eigenvalue weighted by Gasteiger charge is -2.43. The molecule has 8 unspecified atom stereocenters. The van der Waals surface area contributed by atoms with Crippen LogP contribution in [-0.2, 0) is 14.3 Å². The van der Waals surface area contributed by atoms with E-state index in [-0.39, 0.29) is 47.3 Å². The van der Waals surface area contributed by atoms with Crippen molar-refractivity contribution in [1.82, 2.24) is 10.2 Å². The standard InChI is InChI=1S/C33H49N3O7S/c1-32(2)22-13-18(14-28(37)34-17-29(38)39)5-7-24(22)35-11-9-26-20(30(32)35)16-21-27(43-26)10-12-36-25-8-6-19(44(40,41)42)15-23(25)33(3,4)31(21)36/h16,18-19,22-27H,5-15,17H2,1-4H3,(H4-,34,37,38,39,40,41,42)/p+1. The number of allylic oxidation sites excluding steroid dienone is 1. The second-order valence-corrected chi connectivity index (χ2v) is 17.5. The minimum atomic E-state index is -3.56. The highest BCUT2D eigenvalue weighted by Gasteiger charge is 2.62. The summed E-state index contributed by atoms with van der Waals surface area (Å²) in [6, 6.07) is 0.785. The number of rotatable bonds is 5. The van der Waals surface area contributed by atoms with Crippen LogP contribution in [0.25, 0.3) is 0 Å². The highest BCUT2D eigenvalue weighted by Crippen LogP contribution is 2.60. The average Bonchev–Trinajstić information content (AvgIpc) is 3.33. The van der Waals surface area contributed by atoms with Crippen LogP contribution in [-0.4, -0.2) is 95.0 Å². The molecule has 0 aromatic heterocycles. The van der Waals surface area contributed by atoms with E-state index >= 15 is 0 Å². The number of nitrogens with one attached hydrogen (secondary N) is 1. The van der Waals surface area contributed by atoms with E-state index in [1.165, 1.54) is 22.6 Å². The smallest absolute Gasteiger partial charge is 0.322 e. The number of aliphatic carboxylic acids is 1. The minimum Gasteiger partial charge on any atom is -0.480 e. The van der Waals surface area contributed by atoms with Gasteiger partial charge in [-0.05, 0) is 70.3 Å². The number of carboxylic acids is 1. The maximum atomic E-state index is 12.5. The summed E-state index contributed by atoms with van der Waals surface area (Å²) in [7, 11) is -3.56. The molecule has 7 aliphatic rings. The van der Waals surface area contributed by atoms with E-state index in [1.54, 1.807) is 0 Å². The number of hydrogen-bond acceptors (Lipinski definition) is 7. The number of carbonyl (C=O) groups is 2. The number of carbonyl (C=O) groups excluding carboxylic acids is 1. The summed E-state index contributed by atoms with van der Waals surface area (Å²) in [4.78, 5) is 26.1. The Labute approximate surface area is 262 Å². The van der Waals surface area contributed by atoms with Crippen molar-refractivity contribution in [3.05, 3.63) is 22.9 Å². The molecule has 44 heavy (non-hydrogen) atoms. The molecule has 8 atom stereocenters. The van der Waals surface area contributed by atoms with Gasteiger partial charge in [0, 0.05) is 60.0 Å². The van der Waals surface area contributed by atoms with E-state index in [4.69, 9.17) is 9.84 Å². The molecule has 0 radical (unpaired) electrons. The first-order chi connectivity index (χ1) is 20.7. The number of ether oxygens (including phenoxy) is 1. The highest BCUT2D eigenvalue weighted by atomic mass is 32.3. The number of nitrogens with zero attached hydrogens (tertiary/aromatic N) is 2. The lowest BCUT2D eigenvalue weighted by atomic mass is 9.66. The van der Waals surface area contributed by atoms with Crippen molar-refractivity contribution in [2.75, 3.05) is 19.6 Å². The second kappa shape index (κ2) is 10.6. The molecular weight excluding hydrogens is 582 g/mol. The maximum Gasteiger partial charge on any atom is 0.322 e. The Kier molecular flexibility index (Phi) is 7.37. The summed E-state index contributed by atoms with van der Waals surface area (Å²) < 4.78 is 40.0. The van der Waals surface area contributed by atoms with Crippen molar-refractivity contribution in [3.63, 3.8) is 0 Å². The van der Waals surface area contributed by atoms with Gasteiger partial charge in [0.2, 0.25) is 5.91 Å². The van der Waals surface area contributed by atoms with Crippen LogP contribution >= 0.6 is 10.9 Å². The van der Waals surface area contributed by atoms with Gasteiger partial charge in [-0.2, -0.15) is 0 Å². The van der Waals surface area contributed by atoms with Gasteiger partial charge in [0.25, 0.3) is 0 Å². The SMILES string of the molecule is CC1(C)C2=C3C=C4C5=[N+](CCC4OC3CCN2C2CCC(CC(=O)NCC(=O)O)CC21)C1CCC(S(O)(O)O)CC1C5(C)C. The van der Waals surface area contributed by atoms with E-state index in [1.807, 2.05) is 0 Å². The van der Waals surface area contributed by atoms with E-state index < -0.39 is 22.1 Å². The predicted molar refractivity (Wildman–Crippen MR) is 168 cm³/mol. The van der Waals surface area contributed by atoms with Crippen LogP contribution in [0.4, 0.5) is 0 Å². The van der Waals surface area contributed by atoms with Crippen LogP contribution in [0.5, 0.6) is 0 Å². The zero-order valence-corrected chi connectivity index (χ0v) is 27.3. The minimum absolute atomic E-state index is 0.0658. The number of hydrogen-bond donors (Lipinski definition) is 5. The molecule has 11 heteroatoms. The topological polar surface area (TPSA) is 143 Å². The Morgan fingerprint density at radius 3 is 2.50 bits per heavy atom. The zero-order chi connectivity index (χ0) is 31.3. The van der Waals surface area contributed by atoms with Crippen LogP contribution in [0.15, 0.2) is 22.9 Å². The first-order valence-electron chi connectivity index (χ1n) is 16.7. The Bertz CT molecular complexity index is 1350. The summed E-state index contributed by atoms with van der Waals surface area (Å²) in [5, 5.41) is 11.0. The molecule has 0 aromatic carbocycles. The number of carboxylic acid groups (broad SMARTS) is 1. The number of amides is 1. The van der Waals surface area contributed by atoms with Gasteiger partial charge in [-0.1, -0.05) is 13.8 Å². The lowest BCUT2D eigenvalue weighted by Crippen LogP contribution is -2.47. The van der Waals surface area contributed by atoms with E-state index in [9.17, 15) is 23.2 Å². The first-order valence-corrected chi connectivity index (χ1v) is 18.2. The van der Waals surface area contributed by atoms with Crippen LogP contribution < -0.4 is 5.32 Å².